The van der Waals surface area contributed by atoms with E-state index in [2.05, 4.69) is 20.3 Å². The molecule has 0 unspecified atom stereocenters. The third kappa shape index (κ3) is 3.41. The van der Waals surface area contributed by atoms with Gasteiger partial charge in [-0.3, -0.25) is 0 Å². The minimum Gasteiger partial charge on any atom is -0.478 e. The standard InChI is InChI=1S/C22H16F2N4O2/c23-16-6-1-11(7-17(16)24)8-19-25-10-15-14-5-2-12(22(29)30)9-18(14)27-21(20(15)28-19)26-13-3-4-13/h1-2,5-7,9-10,13H,3-4,8H2,(H,26,27)(H,29,30). The maximum absolute atomic E-state index is 13.5. The van der Waals surface area contributed by atoms with Crippen LogP contribution in [0.3, 0.4) is 0 Å². The highest BCUT2D eigenvalue weighted by molar-refractivity contribution is 6.09. The van der Waals surface area contributed by atoms with Crippen molar-refractivity contribution < 1.29 is 18.7 Å². The SMILES string of the molecule is O=C(O)c1ccc2c(c1)nc(NC1CC1)c1nc(Cc3ccc(F)c(F)c3)ncc12. The second-order valence-corrected chi connectivity index (χ2v) is 7.39. The van der Waals surface area contributed by atoms with E-state index in [1.165, 1.54) is 18.2 Å². The fourth-order valence-electron chi connectivity index (χ4n) is 3.39. The molecular formula is C22H16F2N4O2. The Kier molecular flexibility index (Phi) is 4.27. The summed E-state index contributed by atoms with van der Waals surface area (Å²) in [5.41, 5.74) is 1.87. The summed E-state index contributed by atoms with van der Waals surface area (Å²) < 4.78 is 26.7. The number of carboxylic acid groups (broad SMARTS) is 1. The number of pyridine rings is 1. The smallest absolute Gasteiger partial charge is 0.335 e. The topological polar surface area (TPSA) is 88.0 Å². The van der Waals surface area contributed by atoms with Crippen LogP contribution in [0.4, 0.5) is 14.6 Å². The van der Waals surface area contributed by atoms with Crippen LogP contribution in [0.25, 0.3) is 21.8 Å². The molecule has 2 aromatic heterocycles. The summed E-state index contributed by atoms with van der Waals surface area (Å²) in [6.45, 7) is 0. The molecule has 4 aromatic rings. The van der Waals surface area contributed by atoms with Crippen molar-refractivity contribution in [3.8, 4) is 0 Å². The van der Waals surface area contributed by atoms with E-state index in [4.69, 9.17) is 0 Å². The fraction of sp³-hybridized carbons (Fsp3) is 0.182. The van der Waals surface area contributed by atoms with Gasteiger partial charge in [-0.2, -0.15) is 0 Å². The van der Waals surface area contributed by atoms with E-state index in [1.807, 2.05) is 0 Å². The van der Waals surface area contributed by atoms with Crippen LogP contribution >= 0.6 is 0 Å². The van der Waals surface area contributed by atoms with Gasteiger partial charge in [0, 0.05) is 29.4 Å². The van der Waals surface area contributed by atoms with E-state index >= 15 is 0 Å². The van der Waals surface area contributed by atoms with Gasteiger partial charge in [0.25, 0.3) is 0 Å². The van der Waals surface area contributed by atoms with E-state index in [0.717, 1.165) is 35.7 Å². The lowest BCUT2D eigenvalue weighted by atomic mass is 10.1. The fourth-order valence-corrected chi connectivity index (χ4v) is 3.39. The summed E-state index contributed by atoms with van der Waals surface area (Å²) in [6.07, 6.45) is 3.97. The molecule has 2 aromatic carbocycles. The van der Waals surface area contributed by atoms with Gasteiger partial charge in [0.1, 0.15) is 11.3 Å². The molecule has 0 saturated heterocycles. The van der Waals surface area contributed by atoms with Gasteiger partial charge in [0.2, 0.25) is 0 Å². The molecule has 150 valence electrons. The van der Waals surface area contributed by atoms with E-state index in [9.17, 15) is 18.7 Å². The first-order valence-corrected chi connectivity index (χ1v) is 9.51. The number of rotatable bonds is 5. The maximum Gasteiger partial charge on any atom is 0.335 e. The van der Waals surface area contributed by atoms with Crippen LogP contribution in [0.1, 0.15) is 34.6 Å². The summed E-state index contributed by atoms with van der Waals surface area (Å²) in [4.78, 5) is 25.0. The molecule has 0 bridgehead atoms. The number of nitrogens with zero attached hydrogens (tertiary/aromatic N) is 3. The van der Waals surface area contributed by atoms with Gasteiger partial charge >= 0.3 is 5.97 Å². The van der Waals surface area contributed by atoms with Crippen LogP contribution in [-0.2, 0) is 6.42 Å². The molecule has 6 nitrogen and oxygen atoms in total. The predicted octanol–water partition coefficient (Wildman–Crippen LogP) is 4.32. The van der Waals surface area contributed by atoms with E-state index in [0.29, 0.717) is 34.3 Å². The Labute approximate surface area is 169 Å². The number of fused-ring (bicyclic) bond motifs is 3. The van der Waals surface area contributed by atoms with E-state index in [-0.39, 0.29) is 12.0 Å². The molecule has 0 radical (unpaired) electrons. The summed E-state index contributed by atoms with van der Waals surface area (Å²) >= 11 is 0. The zero-order valence-corrected chi connectivity index (χ0v) is 15.7. The third-order valence-corrected chi connectivity index (χ3v) is 5.09. The molecule has 2 N–H and O–H groups in total. The van der Waals surface area contributed by atoms with Crippen molar-refractivity contribution in [2.75, 3.05) is 5.32 Å². The van der Waals surface area contributed by atoms with Crippen molar-refractivity contribution in [1.29, 1.82) is 0 Å². The Balaban J connectivity index is 1.63. The van der Waals surface area contributed by atoms with Gasteiger partial charge in [-0.05, 0) is 42.7 Å². The number of aromatic nitrogens is 3. The highest BCUT2D eigenvalue weighted by atomic mass is 19.2. The number of hydrogen-bond acceptors (Lipinski definition) is 5. The first-order chi connectivity index (χ1) is 14.5. The number of nitrogens with one attached hydrogen (secondary N) is 1. The van der Waals surface area contributed by atoms with Gasteiger partial charge in [-0.1, -0.05) is 12.1 Å². The first kappa shape index (κ1) is 18.4. The molecular weight excluding hydrogens is 390 g/mol. The van der Waals surface area contributed by atoms with Gasteiger partial charge in [0.15, 0.2) is 17.5 Å². The molecule has 1 fully saturated rings. The molecule has 1 aliphatic rings. The van der Waals surface area contributed by atoms with Crippen LogP contribution in [0.15, 0.2) is 42.6 Å². The average Bonchev–Trinajstić information content (AvgIpc) is 3.54. The van der Waals surface area contributed by atoms with Crippen molar-refractivity contribution in [1.82, 2.24) is 15.0 Å². The van der Waals surface area contributed by atoms with Crippen LogP contribution in [-0.4, -0.2) is 32.1 Å². The van der Waals surface area contributed by atoms with Crippen molar-refractivity contribution in [3.05, 3.63) is 71.2 Å². The molecule has 2 heterocycles. The first-order valence-electron chi connectivity index (χ1n) is 9.51. The number of hydrogen-bond donors (Lipinski definition) is 2. The zero-order valence-electron chi connectivity index (χ0n) is 15.7. The van der Waals surface area contributed by atoms with Crippen molar-refractivity contribution in [2.45, 2.75) is 25.3 Å². The largest absolute Gasteiger partial charge is 0.478 e. The van der Waals surface area contributed by atoms with Gasteiger partial charge in [0.05, 0.1) is 11.1 Å². The second kappa shape index (κ2) is 6.98. The Morgan fingerprint density at radius 1 is 1.07 bits per heavy atom. The van der Waals surface area contributed by atoms with Gasteiger partial charge in [-0.15, -0.1) is 0 Å². The van der Waals surface area contributed by atoms with Gasteiger partial charge < -0.3 is 10.4 Å². The molecule has 0 amide bonds. The number of carbonyl (C=O) groups is 1. The lowest BCUT2D eigenvalue weighted by molar-refractivity contribution is 0.0697. The van der Waals surface area contributed by atoms with Crippen molar-refractivity contribution in [3.63, 3.8) is 0 Å². The van der Waals surface area contributed by atoms with Crippen LogP contribution in [0, 0.1) is 11.6 Å². The molecule has 30 heavy (non-hydrogen) atoms. The number of benzene rings is 2. The Hall–Kier alpha value is -3.68. The lowest BCUT2D eigenvalue weighted by Gasteiger charge is -2.12. The molecule has 1 saturated carbocycles. The number of carboxylic acids is 1. The summed E-state index contributed by atoms with van der Waals surface area (Å²) in [5, 5.41) is 14.1. The molecule has 0 spiro atoms. The maximum atomic E-state index is 13.5. The quantitative estimate of drug-likeness (QED) is 0.480. The predicted molar refractivity (Wildman–Crippen MR) is 108 cm³/mol. The van der Waals surface area contributed by atoms with E-state index < -0.39 is 17.6 Å². The Bertz CT molecular complexity index is 1320. The highest BCUT2D eigenvalue weighted by Crippen LogP contribution is 2.32. The number of anilines is 1. The number of halogens is 2. The van der Waals surface area contributed by atoms with Crippen LogP contribution < -0.4 is 5.32 Å². The Morgan fingerprint density at radius 2 is 1.90 bits per heavy atom. The normalized spacial score (nSPS) is 13.7. The average molecular weight is 406 g/mol. The second-order valence-electron chi connectivity index (χ2n) is 7.39. The van der Waals surface area contributed by atoms with Crippen LogP contribution in [0.2, 0.25) is 0 Å². The van der Waals surface area contributed by atoms with E-state index in [1.54, 1.807) is 12.3 Å². The lowest BCUT2D eigenvalue weighted by Crippen LogP contribution is -2.07. The molecule has 0 aliphatic heterocycles. The summed E-state index contributed by atoms with van der Waals surface area (Å²) in [7, 11) is 0. The van der Waals surface area contributed by atoms with Crippen molar-refractivity contribution >= 4 is 33.6 Å². The summed E-state index contributed by atoms with van der Waals surface area (Å²) in [5.74, 6) is -1.81. The number of aromatic carboxylic acids is 1. The molecule has 5 rings (SSSR count). The molecule has 1 aliphatic carbocycles. The van der Waals surface area contributed by atoms with Gasteiger partial charge in [-0.25, -0.2) is 28.5 Å². The summed E-state index contributed by atoms with van der Waals surface area (Å²) in [6, 6.07) is 8.79. The van der Waals surface area contributed by atoms with Crippen LogP contribution in [0.5, 0.6) is 0 Å². The molecule has 0 atom stereocenters. The molecule has 8 heteroatoms. The monoisotopic (exact) mass is 406 g/mol. The minimum absolute atomic E-state index is 0.155. The zero-order chi connectivity index (χ0) is 20.8. The highest BCUT2D eigenvalue weighted by Gasteiger charge is 2.23. The third-order valence-electron chi connectivity index (χ3n) is 5.09. The van der Waals surface area contributed by atoms with Crippen molar-refractivity contribution in [2.24, 2.45) is 0 Å². The Morgan fingerprint density at radius 3 is 2.63 bits per heavy atom. The minimum atomic E-state index is -1.02.